The number of aryl methyl sites for hydroxylation is 1. The summed E-state index contributed by atoms with van der Waals surface area (Å²) in [5, 5.41) is 3.46. The van der Waals surface area contributed by atoms with Crippen LogP contribution in [0.1, 0.15) is 85.3 Å². The van der Waals surface area contributed by atoms with Crippen LogP contribution in [-0.2, 0) is 9.47 Å². The first-order valence-corrected chi connectivity index (χ1v) is 17.7. The van der Waals surface area contributed by atoms with Crippen LogP contribution in [0.4, 0.5) is 32.5 Å². The highest BCUT2D eigenvalue weighted by molar-refractivity contribution is 5.96. The molecule has 1 unspecified atom stereocenters. The monoisotopic (exact) mass is 690 g/mol. The van der Waals surface area contributed by atoms with Crippen molar-refractivity contribution in [1.29, 1.82) is 0 Å². The molecule has 3 aliphatic rings. The third kappa shape index (κ3) is 8.42. The zero-order valence-corrected chi connectivity index (χ0v) is 31.4. The molecule has 0 aromatic carbocycles. The standard InChI is InChI=1S/C37H54N8O5/c1-11-12-13-15-45(35(47)50-37(7,8)9)31-24(2)19-27(21-38-31)41-33-40-20-26-14-16-43(23-29(26)42(33)10)28-22-39-32-30(25(28)3)44(17-18-48-32)34(46)49-36(4,5)6/h19-22,29H,11-18,23H2,1-10H3,(H,40,41). The normalized spacial score (nSPS) is 17.6. The van der Waals surface area contributed by atoms with Crippen molar-refractivity contribution in [3.8, 4) is 5.88 Å². The van der Waals surface area contributed by atoms with Crippen LogP contribution in [0.5, 0.6) is 5.88 Å². The number of fused-ring (bicyclic) bond motifs is 2. The third-order valence-corrected chi connectivity index (χ3v) is 8.83. The molecule has 1 atom stereocenters. The molecule has 0 radical (unpaired) electrons. The van der Waals surface area contributed by atoms with Crippen molar-refractivity contribution in [3.63, 3.8) is 0 Å². The average Bonchev–Trinajstić information content (AvgIpc) is 3.03. The zero-order chi connectivity index (χ0) is 36.4. The smallest absolute Gasteiger partial charge is 0.416 e. The Balaban J connectivity index is 1.32. The van der Waals surface area contributed by atoms with Crippen molar-refractivity contribution in [1.82, 2.24) is 14.9 Å². The van der Waals surface area contributed by atoms with E-state index in [0.29, 0.717) is 49.6 Å². The Bertz CT molecular complexity index is 1640. The molecular formula is C37H54N8O5. The average molecular weight is 691 g/mol. The number of anilines is 4. The van der Waals surface area contributed by atoms with Crippen molar-refractivity contribution in [2.45, 2.75) is 105 Å². The molecule has 0 aliphatic carbocycles. The molecule has 1 N–H and O–H groups in total. The Kier molecular flexibility index (Phi) is 10.8. The van der Waals surface area contributed by atoms with Crippen molar-refractivity contribution in [2.75, 3.05) is 59.9 Å². The summed E-state index contributed by atoms with van der Waals surface area (Å²) in [7, 11) is 2.04. The summed E-state index contributed by atoms with van der Waals surface area (Å²) in [5.41, 5.74) is 4.20. The number of nitrogens with one attached hydrogen (secondary N) is 1. The fraction of sp³-hybridized carbons (Fsp3) is 0.595. The second kappa shape index (κ2) is 14.7. The largest absolute Gasteiger partial charge is 0.474 e. The van der Waals surface area contributed by atoms with Gasteiger partial charge in [-0.1, -0.05) is 19.8 Å². The molecule has 1 fully saturated rings. The van der Waals surface area contributed by atoms with E-state index >= 15 is 0 Å². The second-order valence-corrected chi connectivity index (χ2v) is 15.2. The molecule has 13 heteroatoms. The number of guanidine groups is 1. The molecule has 5 heterocycles. The van der Waals surface area contributed by atoms with Crippen LogP contribution in [0.2, 0.25) is 0 Å². The first-order valence-electron chi connectivity index (χ1n) is 17.7. The van der Waals surface area contributed by atoms with Gasteiger partial charge >= 0.3 is 12.2 Å². The highest BCUT2D eigenvalue weighted by atomic mass is 16.6. The Hall–Kier alpha value is -4.55. The number of aliphatic imine (C=N–C) groups is 1. The van der Waals surface area contributed by atoms with E-state index in [1.807, 2.05) is 80.9 Å². The van der Waals surface area contributed by atoms with Crippen LogP contribution in [0.25, 0.3) is 0 Å². The van der Waals surface area contributed by atoms with Gasteiger partial charge < -0.3 is 29.3 Å². The summed E-state index contributed by atoms with van der Waals surface area (Å²) in [6.07, 6.45) is 8.51. The van der Waals surface area contributed by atoms with Crippen molar-refractivity contribution >= 4 is 41.0 Å². The molecule has 2 aromatic rings. The van der Waals surface area contributed by atoms with Gasteiger partial charge in [0.15, 0.2) is 0 Å². The molecule has 0 saturated carbocycles. The lowest BCUT2D eigenvalue weighted by Crippen LogP contribution is -2.53. The van der Waals surface area contributed by atoms with E-state index in [1.54, 1.807) is 16.0 Å². The Morgan fingerprint density at radius 3 is 2.46 bits per heavy atom. The van der Waals surface area contributed by atoms with E-state index in [2.05, 4.69) is 27.0 Å². The molecule has 5 rings (SSSR count). The number of unbranched alkanes of at least 4 members (excludes halogenated alkanes) is 2. The number of piperidine rings is 1. The summed E-state index contributed by atoms with van der Waals surface area (Å²) >= 11 is 0. The summed E-state index contributed by atoms with van der Waals surface area (Å²) in [5.74, 6) is 1.74. The molecule has 2 amide bonds. The quantitative estimate of drug-likeness (QED) is 0.303. The van der Waals surface area contributed by atoms with Crippen molar-refractivity contribution in [2.24, 2.45) is 4.99 Å². The lowest BCUT2D eigenvalue weighted by molar-refractivity contribution is 0.0560. The number of nitrogens with zero attached hydrogens (tertiary/aromatic N) is 7. The number of carbonyl (C=O) groups is 2. The molecule has 50 heavy (non-hydrogen) atoms. The highest BCUT2D eigenvalue weighted by Gasteiger charge is 2.36. The van der Waals surface area contributed by atoms with Crippen LogP contribution >= 0.6 is 0 Å². The topological polar surface area (TPSA) is 125 Å². The lowest BCUT2D eigenvalue weighted by Gasteiger charge is -2.43. The first kappa shape index (κ1) is 36.7. The van der Waals surface area contributed by atoms with Crippen LogP contribution in [0.15, 0.2) is 35.2 Å². The number of amides is 2. The van der Waals surface area contributed by atoms with Gasteiger partial charge in [0, 0.05) is 38.4 Å². The molecular weight excluding hydrogens is 636 g/mol. The van der Waals surface area contributed by atoms with E-state index in [1.165, 1.54) is 5.57 Å². The summed E-state index contributed by atoms with van der Waals surface area (Å²) in [4.78, 5) is 48.3. The van der Waals surface area contributed by atoms with Crippen LogP contribution in [-0.4, -0.2) is 90.1 Å². The Labute approximate surface area is 296 Å². The SMILES string of the molecule is CCCCCN(C(=O)OC(C)(C)C)c1ncc(NC2=NC=C3CCN(c4cnc5c(c4C)N(C(=O)OC(C)(C)C)CCO5)CC3N2C)cc1C. The minimum atomic E-state index is -0.617. The predicted octanol–water partition coefficient (Wildman–Crippen LogP) is 7.04. The van der Waals surface area contributed by atoms with E-state index in [9.17, 15) is 9.59 Å². The maximum Gasteiger partial charge on any atom is 0.416 e. The molecule has 0 bridgehead atoms. The number of aromatic nitrogens is 2. The van der Waals surface area contributed by atoms with Gasteiger partial charge in [-0.05, 0) is 85.4 Å². The Morgan fingerprint density at radius 1 is 1.04 bits per heavy atom. The van der Waals surface area contributed by atoms with Gasteiger partial charge in [0.25, 0.3) is 0 Å². The van der Waals surface area contributed by atoms with E-state index < -0.39 is 23.4 Å². The fourth-order valence-corrected chi connectivity index (χ4v) is 6.41. The number of carbonyl (C=O) groups excluding carboxylic acids is 2. The number of hydrogen-bond acceptors (Lipinski definition) is 11. The van der Waals surface area contributed by atoms with Gasteiger partial charge in [-0.25, -0.2) is 24.5 Å². The van der Waals surface area contributed by atoms with Crippen molar-refractivity contribution in [3.05, 3.63) is 41.4 Å². The van der Waals surface area contributed by atoms with Gasteiger partial charge in [0.05, 0.1) is 36.4 Å². The third-order valence-electron chi connectivity index (χ3n) is 8.83. The number of ether oxygens (including phenoxy) is 3. The van der Waals surface area contributed by atoms with Crippen LogP contribution < -0.4 is 24.8 Å². The second-order valence-electron chi connectivity index (χ2n) is 15.2. The van der Waals surface area contributed by atoms with E-state index in [-0.39, 0.29) is 6.04 Å². The highest BCUT2D eigenvalue weighted by Crippen LogP contribution is 2.40. The fourth-order valence-electron chi connectivity index (χ4n) is 6.41. The molecule has 2 aromatic heterocycles. The lowest BCUT2D eigenvalue weighted by atomic mass is 9.96. The van der Waals surface area contributed by atoms with Crippen molar-refractivity contribution < 1.29 is 23.8 Å². The number of likely N-dealkylation sites (N-methyl/N-ethyl adjacent to an activating group) is 1. The summed E-state index contributed by atoms with van der Waals surface area (Å²) in [6, 6.07) is 2.05. The maximum absolute atomic E-state index is 13.2. The van der Waals surface area contributed by atoms with Gasteiger partial charge in [0.2, 0.25) is 11.8 Å². The van der Waals surface area contributed by atoms with E-state index in [0.717, 1.165) is 54.7 Å². The van der Waals surface area contributed by atoms with Gasteiger partial charge in [0.1, 0.15) is 29.3 Å². The van der Waals surface area contributed by atoms with Crippen LogP contribution in [0, 0.1) is 13.8 Å². The van der Waals surface area contributed by atoms with Gasteiger partial charge in [-0.2, -0.15) is 0 Å². The number of hydrogen-bond donors (Lipinski definition) is 1. The molecule has 13 nitrogen and oxygen atoms in total. The summed E-state index contributed by atoms with van der Waals surface area (Å²) < 4.78 is 17.3. The van der Waals surface area contributed by atoms with Gasteiger partial charge in [-0.3, -0.25) is 9.80 Å². The zero-order valence-electron chi connectivity index (χ0n) is 31.4. The molecule has 3 aliphatic heterocycles. The van der Waals surface area contributed by atoms with Gasteiger partial charge in [-0.15, -0.1) is 0 Å². The maximum atomic E-state index is 13.2. The molecule has 1 saturated heterocycles. The summed E-state index contributed by atoms with van der Waals surface area (Å²) in [6.45, 7) is 20.1. The van der Waals surface area contributed by atoms with Crippen LogP contribution in [0.3, 0.4) is 0 Å². The minimum absolute atomic E-state index is 0.0620. The first-order chi connectivity index (χ1) is 23.6. The minimum Gasteiger partial charge on any atom is -0.474 e. The Morgan fingerprint density at radius 2 is 1.78 bits per heavy atom. The van der Waals surface area contributed by atoms with E-state index in [4.69, 9.17) is 24.2 Å². The predicted molar refractivity (Wildman–Crippen MR) is 198 cm³/mol. The molecule has 272 valence electrons. The number of pyridine rings is 2. The number of rotatable bonds is 7. The molecule has 0 spiro atoms.